The maximum absolute atomic E-state index is 12.5. The molecule has 24 heavy (non-hydrogen) atoms. The predicted molar refractivity (Wildman–Crippen MR) is 93.5 cm³/mol. The molecule has 6 nitrogen and oxygen atoms in total. The van der Waals surface area contributed by atoms with Gasteiger partial charge in [0.1, 0.15) is 11.6 Å². The molecule has 0 radical (unpaired) electrons. The fourth-order valence-corrected chi connectivity index (χ4v) is 3.91. The third-order valence-electron chi connectivity index (χ3n) is 5.53. The van der Waals surface area contributed by atoms with Crippen molar-refractivity contribution in [2.75, 3.05) is 0 Å². The van der Waals surface area contributed by atoms with Crippen LogP contribution in [0.3, 0.4) is 0 Å². The van der Waals surface area contributed by atoms with Gasteiger partial charge in [-0.15, -0.1) is 10.2 Å². The van der Waals surface area contributed by atoms with E-state index in [1.807, 2.05) is 6.92 Å². The molecule has 2 aliphatic rings. The zero-order valence-electron chi connectivity index (χ0n) is 15.2. The summed E-state index contributed by atoms with van der Waals surface area (Å²) < 4.78 is 2.22. The molecule has 0 bridgehead atoms. The molecule has 6 heteroatoms. The van der Waals surface area contributed by atoms with E-state index in [9.17, 15) is 4.79 Å². The molecular formula is C18H31N5O. The summed E-state index contributed by atoms with van der Waals surface area (Å²) in [6.07, 6.45) is 8.03. The van der Waals surface area contributed by atoms with E-state index in [0.717, 1.165) is 43.4 Å². The monoisotopic (exact) mass is 333 g/mol. The number of nitrogens with zero attached hydrogens (tertiary/aromatic N) is 3. The molecule has 1 aromatic heterocycles. The van der Waals surface area contributed by atoms with Gasteiger partial charge in [-0.3, -0.25) is 10.1 Å². The van der Waals surface area contributed by atoms with Crippen LogP contribution in [0.15, 0.2) is 0 Å². The molecule has 134 valence electrons. The minimum Gasteiger partial charge on any atom is -0.352 e. The van der Waals surface area contributed by atoms with Crippen LogP contribution < -0.4 is 10.6 Å². The quantitative estimate of drug-likeness (QED) is 0.867. The first kappa shape index (κ1) is 17.4. The third-order valence-corrected chi connectivity index (χ3v) is 5.53. The number of aromatic nitrogens is 3. The highest BCUT2D eigenvalue weighted by Crippen LogP contribution is 2.23. The normalized spacial score (nSPS) is 26.5. The number of hydrogen-bond acceptors (Lipinski definition) is 4. The van der Waals surface area contributed by atoms with Gasteiger partial charge in [-0.05, 0) is 58.3 Å². The summed E-state index contributed by atoms with van der Waals surface area (Å²) in [5, 5.41) is 15.3. The molecule has 1 aromatic rings. The van der Waals surface area contributed by atoms with E-state index in [2.05, 4.69) is 39.2 Å². The summed E-state index contributed by atoms with van der Waals surface area (Å²) in [5.74, 6) is 2.93. The first-order valence-corrected chi connectivity index (χ1v) is 9.53. The Kier molecular flexibility index (Phi) is 5.54. The Labute approximate surface area is 144 Å². The molecule has 1 aliphatic heterocycles. The SMILES string of the molecule is CC1CCC(NC(=O)C(C)NC(C)c2nnc3n2CCCC3)CC1. The molecule has 2 N–H and O–H groups in total. The van der Waals surface area contributed by atoms with Crippen LogP contribution in [0.1, 0.15) is 77.0 Å². The number of fused-ring (bicyclic) bond motifs is 1. The van der Waals surface area contributed by atoms with Gasteiger partial charge in [0.15, 0.2) is 0 Å². The molecule has 1 saturated carbocycles. The molecular weight excluding hydrogens is 302 g/mol. The predicted octanol–water partition coefficient (Wildman–Crippen LogP) is 2.35. The van der Waals surface area contributed by atoms with E-state index in [1.165, 1.54) is 25.7 Å². The highest BCUT2D eigenvalue weighted by molar-refractivity contribution is 5.81. The summed E-state index contributed by atoms with van der Waals surface area (Å²) in [6.45, 7) is 7.29. The van der Waals surface area contributed by atoms with Crippen molar-refractivity contribution in [1.82, 2.24) is 25.4 Å². The van der Waals surface area contributed by atoms with Crippen molar-refractivity contribution in [2.24, 2.45) is 5.92 Å². The van der Waals surface area contributed by atoms with E-state index in [1.54, 1.807) is 0 Å². The van der Waals surface area contributed by atoms with Crippen LogP contribution in [-0.4, -0.2) is 32.8 Å². The first-order valence-electron chi connectivity index (χ1n) is 9.53. The third kappa shape index (κ3) is 3.97. The highest BCUT2D eigenvalue weighted by atomic mass is 16.2. The van der Waals surface area contributed by atoms with Gasteiger partial charge in [0.2, 0.25) is 5.91 Å². The molecule has 2 unspecified atom stereocenters. The van der Waals surface area contributed by atoms with Gasteiger partial charge in [-0.25, -0.2) is 0 Å². The lowest BCUT2D eigenvalue weighted by molar-refractivity contribution is -0.123. The summed E-state index contributed by atoms with van der Waals surface area (Å²) in [6, 6.07) is 0.140. The van der Waals surface area contributed by atoms with Crippen LogP contribution in [0, 0.1) is 5.92 Å². The number of aryl methyl sites for hydroxylation is 1. The summed E-state index contributed by atoms with van der Waals surface area (Å²) >= 11 is 0. The maximum atomic E-state index is 12.5. The van der Waals surface area contributed by atoms with Crippen LogP contribution in [0.25, 0.3) is 0 Å². The average molecular weight is 333 g/mol. The topological polar surface area (TPSA) is 71.8 Å². The molecule has 0 saturated heterocycles. The van der Waals surface area contributed by atoms with Crippen molar-refractivity contribution in [3.05, 3.63) is 11.6 Å². The van der Waals surface area contributed by atoms with Gasteiger partial charge >= 0.3 is 0 Å². The summed E-state index contributed by atoms with van der Waals surface area (Å²) in [4.78, 5) is 12.5. The molecule has 1 amide bonds. The van der Waals surface area contributed by atoms with E-state index in [-0.39, 0.29) is 18.0 Å². The second-order valence-electron chi connectivity index (χ2n) is 7.66. The Morgan fingerprint density at radius 1 is 1.17 bits per heavy atom. The van der Waals surface area contributed by atoms with Crippen LogP contribution in [0.5, 0.6) is 0 Å². The number of amides is 1. The van der Waals surface area contributed by atoms with Gasteiger partial charge in [-0.2, -0.15) is 0 Å². The minimum atomic E-state index is -0.226. The molecule has 1 aliphatic carbocycles. The lowest BCUT2D eigenvalue weighted by Crippen LogP contribution is -2.48. The molecule has 2 atom stereocenters. The van der Waals surface area contributed by atoms with Crippen LogP contribution >= 0.6 is 0 Å². The van der Waals surface area contributed by atoms with Crippen molar-refractivity contribution < 1.29 is 4.79 Å². The summed E-state index contributed by atoms with van der Waals surface area (Å²) in [5.41, 5.74) is 0. The Morgan fingerprint density at radius 3 is 2.67 bits per heavy atom. The minimum absolute atomic E-state index is 0.0245. The second-order valence-corrected chi connectivity index (χ2v) is 7.66. The van der Waals surface area contributed by atoms with Crippen molar-refractivity contribution >= 4 is 5.91 Å². The second kappa shape index (κ2) is 7.64. The standard InChI is InChI=1S/C18H31N5O/c1-12-7-9-15(10-8-12)20-18(24)14(3)19-13(2)17-22-21-16-6-4-5-11-23(16)17/h12-15,19H,4-11H2,1-3H3,(H,20,24). The lowest BCUT2D eigenvalue weighted by Gasteiger charge is -2.28. The van der Waals surface area contributed by atoms with Gasteiger partial charge in [0.05, 0.1) is 12.1 Å². The lowest BCUT2D eigenvalue weighted by atomic mass is 9.87. The van der Waals surface area contributed by atoms with E-state index < -0.39 is 0 Å². The fraction of sp³-hybridized carbons (Fsp3) is 0.833. The zero-order chi connectivity index (χ0) is 17.1. The molecule has 3 rings (SSSR count). The number of rotatable bonds is 5. The van der Waals surface area contributed by atoms with E-state index in [4.69, 9.17) is 0 Å². The smallest absolute Gasteiger partial charge is 0.237 e. The van der Waals surface area contributed by atoms with Crippen LogP contribution in [0.2, 0.25) is 0 Å². The van der Waals surface area contributed by atoms with Gasteiger partial charge in [-0.1, -0.05) is 6.92 Å². The Morgan fingerprint density at radius 2 is 1.92 bits per heavy atom. The van der Waals surface area contributed by atoms with Gasteiger partial charge in [0, 0.05) is 19.0 Å². The van der Waals surface area contributed by atoms with Crippen molar-refractivity contribution in [1.29, 1.82) is 0 Å². The van der Waals surface area contributed by atoms with E-state index >= 15 is 0 Å². The number of hydrogen-bond donors (Lipinski definition) is 2. The number of carbonyl (C=O) groups excluding carboxylic acids is 1. The largest absolute Gasteiger partial charge is 0.352 e. The molecule has 0 aromatic carbocycles. The van der Waals surface area contributed by atoms with E-state index in [0.29, 0.717) is 6.04 Å². The molecule has 2 heterocycles. The average Bonchev–Trinajstić information content (AvgIpc) is 3.01. The first-order chi connectivity index (χ1) is 11.5. The van der Waals surface area contributed by atoms with Crippen LogP contribution in [0.4, 0.5) is 0 Å². The van der Waals surface area contributed by atoms with Crippen molar-refractivity contribution in [2.45, 2.75) is 90.4 Å². The molecule has 1 fully saturated rings. The fourth-order valence-electron chi connectivity index (χ4n) is 3.91. The molecule has 0 spiro atoms. The Balaban J connectivity index is 1.53. The van der Waals surface area contributed by atoms with Gasteiger partial charge < -0.3 is 9.88 Å². The van der Waals surface area contributed by atoms with Gasteiger partial charge in [0.25, 0.3) is 0 Å². The van der Waals surface area contributed by atoms with Crippen LogP contribution in [-0.2, 0) is 17.8 Å². The highest BCUT2D eigenvalue weighted by Gasteiger charge is 2.25. The number of nitrogens with one attached hydrogen (secondary N) is 2. The number of carbonyl (C=O) groups is 1. The maximum Gasteiger partial charge on any atom is 0.237 e. The van der Waals surface area contributed by atoms with Crippen molar-refractivity contribution in [3.63, 3.8) is 0 Å². The Bertz CT molecular complexity index is 562. The summed E-state index contributed by atoms with van der Waals surface area (Å²) in [7, 11) is 0. The Hall–Kier alpha value is -1.43. The van der Waals surface area contributed by atoms with Crippen molar-refractivity contribution in [3.8, 4) is 0 Å². The zero-order valence-corrected chi connectivity index (χ0v) is 15.2.